The largest absolute Gasteiger partial charge is 0.481 e. The van der Waals surface area contributed by atoms with Gasteiger partial charge >= 0.3 is 11.9 Å². The maximum atomic E-state index is 13.2. The van der Waals surface area contributed by atoms with E-state index in [-0.39, 0.29) is 31.4 Å². The number of carbonyl (C=O) groups is 5. The Labute approximate surface area is 203 Å². The van der Waals surface area contributed by atoms with Crippen molar-refractivity contribution in [3.63, 3.8) is 0 Å². The minimum absolute atomic E-state index is 0.125. The number of nitrogens with two attached hydrogens (primary N) is 3. The van der Waals surface area contributed by atoms with Crippen LogP contribution in [0.1, 0.15) is 52.4 Å². The normalized spacial score (nSPS) is 18.6. The summed E-state index contributed by atoms with van der Waals surface area (Å²) < 4.78 is 0. The first kappa shape index (κ1) is 29.6. The molecule has 1 saturated heterocycles. The van der Waals surface area contributed by atoms with E-state index in [4.69, 9.17) is 22.3 Å². The summed E-state index contributed by atoms with van der Waals surface area (Å²) in [4.78, 5) is 66.3. The van der Waals surface area contributed by atoms with Gasteiger partial charge in [0.05, 0.1) is 12.5 Å². The Balaban J connectivity index is 3.06. The van der Waals surface area contributed by atoms with E-state index in [1.54, 1.807) is 13.8 Å². The monoisotopic (exact) mass is 499 g/mol. The molecule has 0 aromatic carbocycles. The number of carbonyl (C=O) groups excluding carboxylic acids is 3. The highest BCUT2D eigenvalue weighted by atomic mass is 16.4. The molecule has 3 amide bonds. The van der Waals surface area contributed by atoms with Gasteiger partial charge < -0.3 is 42.9 Å². The van der Waals surface area contributed by atoms with Crippen LogP contribution in [0.3, 0.4) is 0 Å². The van der Waals surface area contributed by atoms with Crippen LogP contribution in [0.15, 0.2) is 4.99 Å². The van der Waals surface area contributed by atoms with E-state index in [1.165, 1.54) is 4.90 Å². The standard InChI is InChI=1S/C21H37N7O7/c1-3-11(2)16(27-17(31)12(22)10-15(29)30)18(32)26-13(6-4-8-25-21(23)24)19(33)28-9-5-7-14(28)20(34)35/h11-14,16H,3-10,22H2,1-2H3,(H,26,32)(H,27,31)(H,29,30)(H,34,35)(H4,23,24,25). The molecular formula is C21H37N7O7. The summed E-state index contributed by atoms with van der Waals surface area (Å²) >= 11 is 0. The van der Waals surface area contributed by atoms with E-state index in [1.807, 2.05) is 0 Å². The van der Waals surface area contributed by atoms with Crippen molar-refractivity contribution in [1.82, 2.24) is 15.5 Å². The van der Waals surface area contributed by atoms with Crippen molar-refractivity contribution in [2.75, 3.05) is 13.1 Å². The summed E-state index contributed by atoms with van der Waals surface area (Å²) in [6, 6.07) is -4.51. The van der Waals surface area contributed by atoms with E-state index in [2.05, 4.69) is 15.6 Å². The summed E-state index contributed by atoms with van der Waals surface area (Å²) in [5.41, 5.74) is 16.3. The van der Waals surface area contributed by atoms with Crippen LogP contribution in [0.4, 0.5) is 0 Å². The SMILES string of the molecule is CCC(C)C(NC(=O)C(N)CC(=O)O)C(=O)NC(CCCN=C(N)N)C(=O)N1CCCC1C(=O)O. The minimum atomic E-state index is -1.36. The predicted molar refractivity (Wildman–Crippen MR) is 126 cm³/mol. The van der Waals surface area contributed by atoms with E-state index in [0.717, 1.165) is 0 Å². The highest BCUT2D eigenvalue weighted by Crippen LogP contribution is 2.20. The number of hydrogen-bond donors (Lipinski definition) is 7. The molecule has 0 radical (unpaired) electrons. The van der Waals surface area contributed by atoms with Gasteiger partial charge in [-0.1, -0.05) is 20.3 Å². The van der Waals surface area contributed by atoms with Gasteiger partial charge in [0, 0.05) is 13.1 Å². The van der Waals surface area contributed by atoms with E-state index in [0.29, 0.717) is 25.7 Å². The molecule has 1 aliphatic heterocycles. The van der Waals surface area contributed by atoms with Crippen molar-refractivity contribution < 1.29 is 34.2 Å². The van der Waals surface area contributed by atoms with Gasteiger partial charge in [-0.3, -0.25) is 24.2 Å². The summed E-state index contributed by atoms with van der Waals surface area (Å²) in [7, 11) is 0. The molecule has 1 aliphatic rings. The number of hydrogen-bond acceptors (Lipinski definition) is 7. The quantitative estimate of drug-likeness (QED) is 0.0781. The van der Waals surface area contributed by atoms with Crippen LogP contribution in [-0.4, -0.2) is 88.0 Å². The lowest BCUT2D eigenvalue weighted by molar-refractivity contribution is -0.149. The third kappa shape index (κ3) is 9.39. The third-order valence-corrected chi connectivity index (χ3v) is 5.91. The molecular weight excluding hydrogens is 462 g/mol. The van der Waals surface area contributed by atoms with Crippen LogP contribution in [-0.2, 0) is 24.0 Å². The van der Waals surface area contributed by atoms with Crippen molar-refractivity contribution in [2.24, 2.45) is 28.1 Å². The molecule has 0 bridgehead atoms. The zero-order valence-corrected chi connectivity index (χ0v) is 20.1. The lowest BCUT2D eigenvalue weighted by Crippen LogP contribution is -2.58. The van der Waals surface area contributed by atoms with Crippen molar-refractivity contribution in [2.45, 2.75) is 76.5 Å². The predicted octanol–water partition coefficient (Wildman–Crippen LogP) is -2.07. The van der Waals surface area contributed by atoms with Crippen molar-refractivity contribution in [1.29, 1.82) is 0 Å². The molecule has 1 rings (SSSR count). The summed E-state index contributed by atoms with van der Waals surface area (Å²) in [5.74, 6) is -4.91. The molecule has 1 fully saturated rings. The Bertz CT molecular complexity index is 816. The number of likely N-dealkylation sites (tertiary alicyclic amines) is 1. The van der Waals surface area contributed by atoms with Crippen LogP contribution in [0.25, 0.3) is 0 Å². The van der Waals surface area contributed by atoms with E-state index < -0.39 is 60.2 Å². The molecule has 14 heteroatoms. The molecule has 5 unspecified atom stereocenters. The molecule has 14 nitrogen and oxygen atoms in total. The maximum absolute atomic E-state index is 13.2. The van der Waals surface area contributed by atoms with E-state index >= 15 is 0 Å². The average Bonchev–Trinajstić information content (AvgIpc) is 3.27. The second-order valence-electron chi connectivity index (χ2n) is 8.61. The average molecular weight is 500 g/mol. The third-order valence-electron chi connectivity index (χ3n) is 5.91. The molecule has 198 valence electrons. The highest BCUT2D eigenvalue weighted by Gasteiger charge is 2.38. The molecule has 0 spiro atoms. The molecule has 10 N–H and O–H groups in total. The Kier molecular flexibility index (Phi) is 11.9. The van der Waals surface area contributed by atoms with Crippen LogP contribution >= 0.6 is 0 Å². The van der Waals surface area contributed by atoms with Crippen LogP contribution in [0.2, 0.25) is 0 Å². The molecule has 0 aromatic rings. The second kappa shape index (κ2) is 14.1. The molecule has 5 atom stereocenters. The topological polar surface area (TPSA) is 244 Å². The fourth-order valence-corrected chi connectivity index (χ4v) is 3.75. The lowest BCUT2D eigenvalue weighted by Gasteiger charge is -2.30. The first-order valence-electron chi connectivity index (χ1n) is 11.6. The number of amides is 3. The van der Waals surface area contributed by atoms with Gasteiger partial charge in [0.1, 0.15) is 18.1 Å². The van der Waals surface area contributed by atoms with Crippen molar-refractivity contribution in [3.05, 3.63) is 0 Å². The Hall–Kier alpha value is -3.42. The fraction of sp³-hybridized carbons (Fsp3) is 0.714. The Morgan fingerprint density at radius 2 is 1.77 bits per heavy atom. The lowest BCUT2D eigenvalue weighted by atomic mass is 9.97. The van der Waals surface area contributed by atoms with E-state index in [9.17, 15) is 29.1 Å². The van der Waals surface area contributed by atoms with Crippen LogP contribution in [0.5, 0.6) is 0 Å². The molecule has 35 heavy (non-hydrogen) atoms. The van der Waals surface area contributed by atoms with Crippen molar-refractivity contribution >= 4 is 35.6 Å². The number of guanidine groups is 1. The number of nitrogens with one attached hydrogen (secondary N) is 2. The second-order valence-corrected chi connectivity index (χ2v) is 8.61. The zero-order valence-electron chi connectivity index (χ0n) is 20.1. The highest BCUT2D eigenvalue weighted by molar-refractivity contribution is 5.95. The summed E-state index contributed by atoms with van der Waals surface area (Å²) in [6.45, 7) is 3.95. The van der Waals surface area contributed by atoms with Crippen LogP contribution in [0, 0.1) is 5.92 Å². The van der Waals surface area contributed by atoms with Gasteiger partial charge in [-0.15, -0.1) is 0 Å². The first-order chi connectivity index (χ1) is 16.4. The van der Waals surface area contributed by atoms with Gasteiger partial charge in [-0.25, -0.2) is 4.79 Å². The van der Waals surface area contributed by atoms with Crippen molar-refractivity contribution in [3.8, 4) is 0 Å². The number of carboxylic acids is 2. The van der Waals surface area contributed by atoms with Crippen LogP contribution < -0.4 is 27.8 Å². The fourth-order valence-electron chi connectivity index (χ4n) is 3.75. The number of aliphatic carboxylic acids is 2. The summed E-state index contributed by atoms with van der Waals surface area (Å²) in [5, 5.41) is 23.4. The minimum Gasteiger partial charge on any atom is -0.481 e. The molecule has 1 heterocycles. The molecule has 0 aromatic heterocycles. The number of carboxylic acid groups (broad SMARTS) is 2. The number of nitrogens with zero attached hydrogens (tertiary/aromatic N) is 2. The smallest absolute Gasteiger partial charge is 0.326 e. The number of rotatable bonds is 14. The molecule has 0 aliphatic carbocycles. The zero-order chi connectivity index (χ0) is 26.7. The number of aliphatic imine (C=N–C) groups is 1. The summed E-state index contributed by atoms with van der Waals surface area (Å²) in [6.07, 6.45) is 1.15. The van der Waals surface area contributed by atoms with Gasteiger partial charge in [-0.05, 0) is 31.6 Å². The van der Waals surface area contributed by atoms with Gasteiger partial charge in [0.2, 0.25) is 17.7 Å². The Morgan fingerprint density at radius 1 is 1.11 bits per heavy atom. The van der Waals surface area contributed by atoms with Gasteiger partial charge in [0.25, 0.3) is 0 Å². The maximum Gasteiger partial charge on any atom is 0.326 e. The molecule has 0 saturated carbocycles. The Morgan fingerprint density at radius 3 is 2.31 bits per heavy atom. The van der Waals surface area contributed by atoms with Gasteiger partial charge in [0.15, 0.2) is 5.96 Å². The first-order valence-corrected chi connectivity index (χ1v) is 11.6. The van der Waals surface area contributed by atoms with Gasteiger partial charge in [-0.2, -0.15) is 0 Å².